The molecule has 0 aromatic heterocycles. The van der Waals surface area contributed by atoms with Crippen molar-refractivity contribution in [2.45, 2.75) is 25.4 Å². The van der Waals surface area contributed by atoms with Gasteiger partial charge in [0.2, 0.25) is 0 Å². The maximum Gasteiger partial charge on any atom is 0.508 e. The molecule has 0 aliphatic heterocycles. The first-order valence-corrected chi connectivity index (χ1v) is 6.31. The van der Waals surface area contributed by atoms with E-state index in [0.717, 1.165) is 18.4 Å². The molecule has 6 nitrogen and oxygen atoms in total. The monoisotopic (exact) mass is 277 g/mol. The van der Waals surface area contributed by atoms with Crippen LogP contribution in [0.25, 0.3) is 5.57 Å². The number of carbonyl (C=O) groups is 1. The van der Waals surface area contributed by atoms with Crippen molar-refractivity contribution in [1.29, 1.82) is 0 Å². The minimum Gasteiger partial charge on any atom is -0.438 e. The SMILES string of the molecule is COC(=O)OC1CCCC=C1c1cccc([N+](=O)[O-])c1. The maximum atomic E-state index is 11.3. The molecule has 1 aromatic rings. The van der Waals surface area contributed by atoms with Crippen molar-refractivity contribution in [3.63, 3.8) is 0 Å². The number of nitro benzene ring substituents is 1. The summed E-state index contributed by atoms with van der Waals surface area (Å²) in [4.78, 5) is 21.6. The Morgan fingerprint density at radius 1 is 1.45 bits per heavy atom. The quantitative estimate of drug-likeness (QED) is 0.481. The minimum atomic E-state index is -0.742. The number of ether oxygens (including phenoxy) is 2. The van der Waals surface area contributed by atoms with Gasteiger partial charge in [0.25, 0.3) is 5.69 Å². The third-order valence-electron chi connectivity index (χ3n) is 3.18. The van der Waals surface area contributed by atoms with E-state index in [1.54, 1.807) is 12.1 Å². The zero-order valence-corrected chi connectivity index (χ0v) is 11.1. The van der Waals surface area contributed by atoms with Gasteiger partial charge in [-0.05, 0) is 30.4 Å². The van der Waals surface area contributed by atoms with Crippen molar-refractivity contribution in [2.24, 2.45) is 0 Å². The van der Waals surface area contributed by atoms with Gasteiger partial charge < -0.3 is 9.47 Å². The molecule has 20 heavy (non-hydrogen) atoms. The summed E-state index contributed by atoms with van der Waals surface area (Å²) in [5.41, 5.74) is 1.52. The van der Waals surface area contributed by atoms with E-state index in [4.69, 9.17) is 4.74 Å². The second kappa shape index (κ2) is 6.18. The first kappa shape index (κ1) is 14.0. The van der Waals surface area contributed by atoms with Gasteiger partial charge in [0, 0.05) is 12.1 Å². The van der Waals surface area contributed by atoms with E-state index < -0.39 is 17.2 Å². The van der Waals surface area contributed by atoms with E-state index in [1.165, 1.54) is 19.2 Å². The molecule has 2 rings (SSSR count). The summed E-state index contributed by atoms with van der Waals surface area (Å²) in [6.45, 7) is 0. The molecule has 0 radical (unpaired) electrons. The van der Waals surface area contributed by atoms with Gasteiger partial charge in [0.1, 0.15) is 6.10 Å². The molecule has 1 aliphatic rings. The lowest BCUT2D eigenvalue weighted by Gasteiger charge is -2.23. The normalized spacial score (nSPS) is 18.1. The fourth-order valence-corrected chi connectivity index (χ4v) is 2.24. The molecule has 1 aliphatic carbocycles. The van der Waals surface area contributed by atoms with Crippen LogP contribution in [0.5, 0.6) is 0 Å². The number of methoxy groups -OCH3 is 1. The Morgan fingerprint density at radius 2 is 2.25 bits per heavy atom. The average Bonchev–Trinajstić information content (AvgIpc) is 2.47. The summed E-state index contributed by atoms with van der Waals surface area (Å²) >= 11 is 0. The Balaban J connectivity index is 2.28. The molecule has 6 heteroatoms. The van der Waals surface area contributed by atoms with Gasteiger partial charge in [-0.1, -0.05) is 18.2 Å². The summed E-state index contributed by atoms with van der Waals surface area (Å²) in [5, 5.41) is 10.8. The Kier molecular flexibility index (Phi) is 4.34. The molecular formula is C14H15NO5. The molecule has 1 unspecified atom stereocenters. The van der Waals surface area contributed by atoms with Crippen LogP contribution in [0.1, 0.15) is 24.8 Å². The molecule has 1 atom stereocenters. The summed E-state index contributed by atoms with van der Waals surface area (Å²) in [6.07, 6.45) is 3.24. The highest BCUT2D eigenvalue weighted by Crippen LogP contribution is 2.31. The first-order chi connectivity index (χ1) is 9.61. The molecule has 0 fully saturated rings. The largest absolute Gasteiger partial charge is 0.508 e. The first-order valence-electron chi connectivity index (χ1n) is 6.31. The van der Waals surface area contributed by atoms with Crippen LogP contribution >= 0.6 is 0 Å². The van der Waals surface area contributed by atoms with Crippen molar-refractivity contribution >= 4 is 17.4 Å². The van der Waals surface area contributed by atoms with Crippen molar-refractivity contribution < 1.29 is 19.2 Å². The van der Waals surface area contributed by atoms with Crippen molar-refractivity contribution in [2.75, 3.05) is 7.11 Å². The third kappa shape index (κ3) is 3.14. The molecule has 0 bridgehead atoms. The molecular weight excluding hydrogens is 262 g/mol. The molecule has 0 spiro atoms. The van der Waals surface area contributed by atoms with Crippen LogP contribution < -0.4 is 0 Å². The minimum absolute atomic E-state index is 0.0193. The van der Waals surface area contributed by atoms with E-state index in [2.05, 4.69) is 4.74 Å². The molecule has 0 amide bonds. The molecule has 0 saturated heterocycles. The van der Waals surface area contributed by atoms with Crippen LogP contribution in [-0.2, 0) is 9.47 Å². The highest BCUT2D eigenvalue weighted by molar-refractivity contribution is 5.73. The lowest BCUT2D eigenvalue weighted by Crippen LogP contribution is -2.22. The van der Waals surface area contributed by atoms with Gasteiger partial charge in [-0.2, -0.15) is 0 Å². The number of benzene rings is 1. The number of rotatable bonds is 3. The summed E-state index contributed by atoms with van der Waals surface area (Å²) in [7, 11) is 1.25. The highest BCUT2D eigenvalue weighted by Gasteiger charge is 2.24. The second-order valence-corrected chi connectivity index (χ2v) is 4.46. The lowest BCUT2D eigenvalue weighted by molar-refractivity contribution is -0.384. The van der Waals surface area contributed by atoms with Crippen LogP contribution in [0.4, 0.5) is 10.5 Å². The number of allylic oxidation sites excluding steroid dienone is 1. The average molecular weight is 277 g/mol. The molecule has 0 N–H and O–H groups in total. The molecule has 0 heterocycles. The van der Waals surface area contributed by atoms with E-state index in [9.17, 15) is 14.9 Å². The molecule has 1 aromatic carbocycles. The van der Waals surface area contributed by atoms with Crippen LogP contribution in [0, 0.1) is 10.1 Å². The smallest absolute Gasteiger partial charge is 0.438 e. The summed E-state index contributed by atoms with van der Waals surface area (Å²) < 4.78 is 9.71. The predicted octanol–water partition coefficient (Wildman–Crippen LogP) is 3.31. The number of non-ortho nitro benzene ring substituents is 1. The van der Waals surface area contributed by atoms with Crippen molar-refractivity contribution in [1.82, 2.24) is 0 Å². The highest BCUT2D eigenvalue weighted by atomic mass is 16.7. The van der Waals surface area contributed by atoms with E-state index in [0.29, 0.717) is 12.0 Å². The van der Waals surface area contributed by atoms with Crippen LogP contribution in [0.15, 0.2) is 30.3 Å². The number of hydrogen-bond donors (Lipinski definition) is 0. The van der Waals surface area contributed by atoms with Crippen LogP contribution in [0.2, 0.25) is 0 Å². The van der Waals surface area contributed by atoms with Crippen molar-refractivity contribution in [3.8, 4) is 0 Å². The summed E-state index contributed by atoms with van der Waals surface area (Å²) in [6, 6.07) is 6.32. The van der Waals surface area contributed by atoms with Crippen LogP contribution in [-0.4, -0.2) is 24.3 Å². The van der Waals surface area contributed by atoms with Crippen molar-refractivity contribution in [3.05, 3.63) is 46.0 Å². The number of nitrogens with zero attached hydrogens (tertiary/aromatic N) is 1. The van der Waals surface area contributed by atoms with Gasteiger partial charge >= 0.3 is 6.16 Å². The number of hydrogen-bond acceptors (Lipinski definition) is 5. The fraction of sp³-hybridized carbons (Fsp3) is 0.357. The zero-order chi connectivity index (χ0) is 14.5. The Bertz CT molecular complexity index is 552. The zero-order valence-electron chi connectivity index (χ0n) is 11.1. The predicted molar refractivity (Wildman–Crippen MR) is 72.2 cm³/mol. The fourth-order valence-electron chi connectivity index (χ4n) is 2.24. The maximum absolute atomic E-state index is 11.3. The topological polar surface area (TPSA) is 78.7 Å². The second-order valence-electron chi connectivity index (χ2n) is 4.46. The number of carbonyl (C=O) groups excluding carboxylic acids is 1. The van der Waals surface area contributed by atoms with E-state index in [-0.39, 0.29) is 5.69 Å². The van der Waals surface area contributed by atoms with Gasteiger partial charge in [0.05, 0.1) is 12.0 Å². The lowest BCUT2D eigenvalue weighted by atomic mass is 9.91. The molecule has 106 valence electrons. The molecule has 0 saturated carbocycles. The standard InChI is InChI=1S/C14H15NO5/c1-19-14(16)20-13-8-3-2-7-12(13)10-5-4-6-11(9-10)15(17)18/h4-7,9,13H,2-3,8H2,1H3. The van der Waals surface area contributed by atoms with E-state index >= 15 is 0 Å². The van der Waals surface area contributed by atoms with Gasteiger partial charge in [-0.3, -0.25) is 10.1 Å². The summed E-state index contributed by atoms with van der Waals surface area (Å²) in [5.74, 6) is 0. The Labute approximate surface area is 116 Å². The van der Waals surface area contributed by atoms with Crippen LogP contribution in [0.3, 0.4) is 0 Å². The Hall–Kier alpha value is -2.37. The Morgan fingerprint density at radius 3 is 2.95 bits per heavy atom. The van der Waals surface area contributed by atoms with E-state index in [1.807, 2.05) is 6.08 Å². The number of nitro groups is 1. The third-order valence-corrected chi connectivity index (χ3v) is 3.18. The van der Waals surface area contributed by atoms with Gasteiger partial charge in [-0.15, -0.1) is 0 Å². The van der Waals surface area contributed by atoms with Gasteiger partial charge in [0.15, 0.2) is 0 Å². The van der Waals surface area contributed by atoms with Gasteiger partial charge in [-0.25, -0.2) is 4.79 Å².